The van der Waals surface area contributed by atoms with Crippen LogP contribution in [-0.4, -0.2) is 34.7 Å². The zero-order chi connectivity index (χ0) is 19.3. The molecule has 1 aliphatic rings. The molecule has 2 heterocycles. The normalized spacial score (nSPS) is 17.6. The number of aliphatic hydroxyl groups excluding tert-OH is 1. The number of para-hydroxylation sites is 1. The third-order valence-electron chi connectivity index (χ3n) is 5.19. The van der Waals surface area contributed by atoms with Crippen molar-refractivity contribution in [1.82, 2.24) is 9.88 Å². The van der Waals surface area contributed by atoms with Crippen LogP contribution in [0.1, 0.15) is 24.3 Å². The Bertz CT molecular complexity index is 907. The molecule has 0 bridgehead atoms. The highest BCUT2D eigenvalue weighted by Crippen LogP contribution is 2.29. The largest absolute Gasteiger partial charge is 0.457 e. The van der Waals surface area contributed by atoms with E-state index in [1.54, 1.807) is 0 Å². The third-order valence-corrected chi connectivity index (χ3v) is 5.19. The summed E-state index contributed by atoms with van der Waals surface area (Å²) in [7, 11) is 0. The van der Waals surface area contributed by atoms with Crippen LogP contribution in [0.25, 0.3) is 11.5 Å². The maximum atomic E-state index is 9.44. The van der Waals surface area contributed by atoms with Crippen LogP contribution in [0.3, 0.4) is 0 Å². The smallest absolute Gasteiger partial charge is 0.226 e. The molecule has 0 radical (unpaired) electrons. The molecule has 1 saturated heterocycles. The summed E-state index contributed by atoms with van der Waals surface area (Å²) in [5, 5.41) is 9.44. The van der Waals surface area contributed by atoms with Gasteiger partial charge in [-0.05, 0) is 62.6 Å². The van der Waals surface area contributed by atoms with Crippen molar-refractivity contribution in [1.29, 1.82) is 0 Å². The lowest BCUT2D eigenvalue weighted by molar-refractivity contribution is 0.115. The molecule has 0 aliphatic carbocycles. The average Bonchev–Trinajstić information content (AvgIpc) is 3.09. The highest BCUT2D eigenvalue weighted by atomic mass is 16.5. The zero-order valence-corrected chi connectivity index (χ0v) is 16.2. The van der Waals surface area contributed by atoms with E-state index in [0.717, 1.165) is 61.0 Å². The lowest BCUT2D eigenvalue weighted by atomic mass is 9.99. The molecule has 1 aromatic heterocycles. The predicted molar refractivity (Wildman–Crippen MR) is 108 cm³/mol. The molecular formula is C23H26N2O3. The fraction of sp³-hybridized carbons (Fsp3) is 0.348. The van der Waals surface area contributed by atoms with E-state index in [2.05, 4.69) is 4.90 Å². The summed E-state index contributed by atoms with van der Waals surface area (Å²) in [6, 6.07) is 17.5. The Morgan fingerprint density at radius 3 is 2.79 bits per heavy atom. The maximum Gasteiger partial charge on any atom is 0.226 e. The summed E-state index contributed by atoms with van der Waals surface area (Å²) in [5.41, 5.74) is 1.86. The summed E-state index contributed by atoms with van der Waals surface area (Å²) >= 11 is 0. The van der Waals surface area contributed by atoms with Gasteiger partial charge in [-0.25, -0.2) is 4.98 Å². The molecule has 0 amide bonds. The lowest BCUT2D eigenvalue weighted by Crippen LogP contribution is -2.36. The minimum absolute atomic E-state index is 0.258. The molecule has 146 valence electrons. The molecule has 1 atom stereocenters. The van der Waals surface area contributed by atoms with Gasteiger partial charge in [0, 0.05) is 25.3 Å². The molecule has 5 heteroatoms. The van der Waals surface area contributed by atoms with E-state index in [9.17, 15) is 5.11 Å². The quantitative estimate of drug-likeness (QED) is 0.677. The van der Waals surface area contributed by atoms with Gasteiger partial charge in [0.2, 0.25) is 5.89 Å². The second-order valence-corrected chi connectivity index (χ2v) is 7.39. The Morgan fingerprint density at radius 2 is 1.96 bits per heavy atom. The topological polar surface area (TPSA) is 58.7 Å². The van der Waals surface area contributed by atoms with E-state index < -0.39 is 0 Å². The Labute approximate surface area is 165 Å². The van der Waals surface area contributed by atoms with Crippen LogP contribution in [0.5, 0.6) is 11.5 Å². The number of oxazole rings is 1. The van der Waals surface area contributed by atoms with Crippen LogP contribution in [0.2, 0.25) is 0 Å². The molecule has 2 aromatic carbocycles. The molecule has 5 nitrogen and oxygen atoms in total. The van der Waals surface area contributed by atoms with E-state index in [-0.39, 0.29) is 6.61 Å². The number of benzene rings is 2. The highest BCUT2D eigenvalue weighted by Gasteiger charge is 2.21. The van der Waals surface area contributed by atoms with Crippen molar-refractivity contribution in [2.75, 3.05) is 19.7 Å². The van der Waals surface area contributed by atoms with E-state index in [1.165, 1.54) is 0 Å². The van der Waals surface area contributed by atoms with Gasteiger partial charge in [0.25, 0.3) is 0 Å². The third kappa shape index (κ3) is 4.43. The number of hydrogen-bond acceptors (Lipinski definition) is 5. The predicted octanol–water partition coefficient (Wildman–Crippen LogP) is 4.65. The highest BCUT2D eigenvalue weighted by molar-refractivity contribution is 5.57. The Morgan fingerprint density at radius 1 is 1.14 bits per heavy atom. The number of hydrogen-bond donors (Lipinski definition) is 1. The SMILES string of the molecule is Cc1oc(-c2cccc(Oc3ccccc3)c2)nc1CN1CCC[C@H](CO)C1. The number of aromatic nitrogens is 1. The summed E-state index contributed by atoms with van der Waals surface area (Å²) in [6.45, 7) is 4.93. The number of rotatable bonds is 6. The molecule has 1 aliphatic heterocycles. The first-order chi connectivity index (χ1) is 13.7. The van der Waals surface area contributed by atoms with Gasteiger partial charge >= 0.3 is 0 Å². The van der Waals surface area contributed by atoms with Gasteiger partial charge in [-0.2, -0.15) is 0 Å². The van der Waals surface area contributed by atoms with Gasteiger partial charge in [0.1, 0.15) is 17.3 Å². The van der Waals surface area contributed by atoms with Gasteiger partial charge in [0.05, 0.1) is 5.69 Å². The van der Waals surface area contributed by atoms with Crippen molar-refractivity contribution >= 4 is 0 Å². The summed E-state index contributed by atoms with van der Waals surface area (Å²) in [6.07, 6.45) is 2.22. The van der Waals surface area contributed by atoms with Crippen LogP contribution in [0.4, 0.5) is 0 Å². The molecule has 1 N–H and O–H groups in total. The molecule has 0 spiro atoms. The van der Waals surface area contributed by atoms with Gasteiger partial charge in [0.15, 0.2) is 0 Å². The lowest BCUT2D eigenvalue weighted by Gasteiger charge is -2.31. The standard InChI is InChI=1S/C23H26N2O3/c1-17-22(15-25-12-6-7-18(14-25)16-26)24-23(27-17)19-8-5-11-21(13-19)28-20-9-3-2-4-10-20/h2-5,8-11,13,18,26H,6-7,12,14-16H2,1H3/t18-/m0/s1. The van der Waals surface area contributed by atoms with E-state index in [1.807, 2.05) is 61.5 Å². The number of nitrogens with zero attached hydrogens (tertiary/aromatic N) is 2. The van der Waals surface area contributed by atoms with Gasteiger partial charge in [-0.1, -0.05) is 24.3 Å². The Hall–Kier alpha value is -2.63. The number of piperidine rings is 1. The first kappa shape index (κ1) is 18.7. The Balaban J connectivity index is 1.49. The van der Waals surface area contributed by atoms with Gasteiger partial charge < -0.3 is 14.3 Å². The number of aliphatic hydroxyl groups is 1. The van der Waals surface area contributed by atoms with Gasteiger partial charge in [-0.15, -0.1) is 0 Å². The minimum atomic E-state index is 0.258. The average molecular weight is 378 g/mol. The zero-order valence-electron chi connectivity index (χ0n) is 16.2. The number of ether oxygens (including phenoxy) is 1. The first-order valence-corrected chi connectivity index (χ1v) is 9.84. The van der Waals surface area contributed by atoms with Crippen molar-refractivity contribution < 1.29 is 14.3 Å². The summed E-state index contributed by atoms with van der Waals surface area (Å²) in [4.78, 5) is 7.10. The number of aryl methyl sites for hydroxylation is 1. The first-order valence-electron chi connectivity index (χ1n) is 9.84. The van der Waals surface area contributed by atoms with E-state index >= 15 is 0 Å². The summed E-state index contributed by atoms with van der Waals surface area (Å²) < 4.78 is 11.9. The van der Waals surface area contributed by atoms with Crippen molar-refractivity contribution in [3.63, 3.8) is 0 Å². The second-order valence-electron chi connectivity index (χ2n) is 7.39. The molecule has 3 aromatic rings. The maximum absolute atomic E-state index is 9.44. The van der Waals surface area contributed by atoms with E-state index in [4.69, 9.17) is 14.1 Å². The molecule has 0 saturated carbocycles. The fourth-order valence-electron chi connectivity index (χ4n) is 3.67. The molecule has 28 heavy (non-hydrogen) atoms. The van der Waals surface area contributed by atoms with Crippen molar-refractivity contribution in [2.24, 2.45) is 5.92 Å². The van der Waals surface area contributed by atoms with E-state index in [0.29, 0.717) is 11.8 Å². The van der Waals surface area contributed by atoms with Crippen molar-refractivity contribution in [3.05, 3.63) is 66.1 Å². The number of likely N-dealkylation sites (tertiary alicyclic amines) is 1. The van der Waals surface area contributed by atoms with Crippen LogP contribution in [-0.2, 0) is 6.54 Å². The monoisotopic (exact) mass is 378 g/mol. The Kier molecular flexibility index (Phi) is 5.74. The van der Waals surface area contributed by atoms with Crippen LogP contribution < -0.4 is 4.74 Å². The molecular weight excluding hydrogens is 352 g/mol. The fourth-order valence-corrected chi connectivity index (χ4v) is 3.67. The van der Waals surface area contributed by atoms with Crippen molar-refractivity contribution in [2.45, 2.75) is 26.3 Å². The van der Waals surface area contributed by atoms with Gasteiger partial charge in [-0.3, -0.25) is 4.90 Å². The molecule has 4 rings (SSSR count). The minimum Gasteiger partial charge on any atom is -0.457 e. The van der Waals surface area contributed by atoms with Crippen LogP contribution in [0, 0.1) is 12.8 Å². The van der Waals surface area contributed by atoms with Crippen LogP contribution in [0.15, 0.2) is 59.0 Å². The van der Waals surface area contributed by atoms with Crippen molar-refractivity contribution in [3.8, 4) is 23.0 Å². The molecule has 1 fully saturated rings. The second kappa shape index (κ2) is 8.59. The van der Waals surface area contributed by atoms with Crippen LogP contribution >= 0.6 is 0 Å². The molecule has 0 unspecified atom stereocenters. The summed E-state index contributed by atoms with van der Waals surface area (Å²) in [5.74, 6) is 3.37.